The Kier molecular flexibility index (Phi) is 8.35. The molecule has 0 spiro atoms. The Morgan fingerprint density at radius 3 is 2.55 bits per heavy atom. The van der Waals surface area contributed by atoms with Gasteiger partial charge in [0, 0.05) is 42.2 Å². The lowest BCUT2D eigenvalue weighted by Crippen LogP contribution is -2.16. The molecule has 9 heteroatoms. The minimum absolute atomic E-state index is 0.140. The summed E-state index contributed by atoms with van der Waals surface area (Å²) in [7, 11) is 1.66. The van der Waals surface area contributed by atoms with E-state index in [0.29, 0.717) is 29.4 Å². The van der Waals surface area contributed by atoms with Crippen LogP contribution in [-0.4, -0.2) is 46.4 Å². The summed E-state index contributed by atoms with van der Waals surface area (Å²) in [5.74, 6) is -0.961. The van der Waals surface area contributed by atoms with E-state index in [1.807, 2.05) is 38.1 Å². The summed E-state index contributed by atoms with van der Waals surface area (Å²) in [5.41, 5.74) is 3.72. The maximum atomic E-state index is 12.8. The molecule has 0 atom stereocenters. The van der Waals surface area contributed by atoms with Crippen LogP contribution in [0.5, 0.6) is 0 Å². The number of benzene rings is 1. The van der Waals surface area contributed by atoms with E-state index in [9.17, 15) is 9.59 Å². The third kappa shape index (κ3) is 5.66. The number of ketones is 1. The standard InChI is InChI=1S/C24H27Cl2N3O4/c1-15-12-19(17(3)28(15)10-7-11-32-4)21(30)14-33-24(31)22-16(2)27-29(23(22)26)13-18-8-5-6-9-20(18)25/h5-6,8-9,12H,7,10-11,13-14H2,1-4H3. The Morgan fingerprint density at radius 2 is 1.85 bits per heavy atom. The van der Waals surface area contributed by atoms with Crippen LogP contribution < -0.4 is 0 Å². The first kappa shape index (κ1) is 25.0. The fourth-order valence-electron chi connectivity index (χ4n) is 3.75. The van der Waals surface area contributed by atoms with Crippen molar-refractivity contribution in [3.05, 3.63) is 74.3 Å². The topological polar surface area (TPSA) is 75.3 Å². The third-order valence-electron chi connectivity index (χ3n) is 5.49. The first-order chi connectivity index (χ1) is 15.7. The van der Waals surface area contributed by atoms with Gasteiger partial charge in [-0.25, -0.2) is 9.48 Å². The highest BCUT2D eigenvalue weighted by Crippen LogP contribution is 2.24. The molecule has 2 heterocycles. The van der Waals surface area contributed by atoms with Gasteiger partial charge in [0.05, 0.1) is 12.2 Å². The van der Waals surface area contributed by atoms with Crippen molar-refractivity contribution in [1.82, 2.24) is 14.3 Å². The summed E-state index contributed by atoms with van der Waals surface area (Å²) in [6.45, 7) is 6.81. The van der Waals surface area contributed by atoms with Gasteiger partial charge in [-0.3, -0.25) is 4.79 Å². The van der Waals surface area contributed by atoms with Gasteiger partial charge in [0.15, 0.2) is 6.61 Å². The van der Waals surface area contributed by atoms with Crippen molar-refractivity contribution in [2.45, 2.75) is 40.3 Å². The quantitative estimate of drug-likeness (QED) is 0.225. The maximum Gasteiger partial charge on any atom is 0.343 e. The summed E-state index contributed by atoms with van der Waals surface area (Å²) in [5, 5.41) is 5.06. The van der Waals surface area contributed by atoms with Crippen molar-refractivity contribution in [2.24, 2.45) is 0 Å². The van der Waals surface area contributed by atoms with E-state index in [0.717, 1.165) is 29.9 Å². The van der Waals surface area contributed by atoms with Gasteiger partial charge in [-0.15, -0.1) is 0 Å². The number of aromatic nitrogens is 3. The second-order valence-corrected chi connectivity index (χ2v) is 8.55. The Labute approximate surface area is 203 Å². The molecule has 0 bridgehead atoms. The molecule has 2 aromatic heterocycles. The van der Waals surface area contributed by atoms with Crippen LogP contribution in [0.2, 0.25) is 10.2 Å². The van der Waals surface area contributed by atoms with Crippen LogP contribution in [0, 0.1) is 20.8 Å². The summed E-state index contributed by atoms with van der Waals surface area (Å²) in [4.78, 5) is 25.5. The number of methoxy groups -OCH3 is 1. The zero-order valence-corrected chi connectivity index (χ0v) is 20.7. The van der Waals surface area contributed by atoms with Crippen molar-refractivity contribution >= 4 is 35.0 Å². The Balaban J connectivity index is 1.69. The highest BCUT2D eigenvalue weighted by Gasteiger charge is 2.24. The Morgan fingerprint density at radius 1 is 1.12 bits per heavy atom. The Bertz CT molecular complexity index is 1170. The number of halogens is 2. The molecule has 0 fully saturated rings. The molecule has 0 amide bonds. The van der Waals surface area contributed by atoms with Gasteiger partial charge in [-0.2, -0.15) is 5.10 Å². The van der Waals surface area contributed by atoms with E-state index in [-0.39, 0.29) is 23.1 Å². The van der Waals surface area contributed by atoms with Crippen molar-refractivity contribution in [3.8, 4) is 0 Å². The highest BCUT2D eigenvalue weighted by atomic mass is 35.5. The van der Waals surface area contributed by atoms with E-state index in [2.05, 4.69) is 9.67 Å². The summed E-state index contributed by atoms with van der Waals surface area (Å²) in [6.07, 6.45) is 0.839. The number of esters is 1. The summed E-state index contributed by atoms with van der Waals surface area (Å²) in [6, 6.07) is 9.15. The molecule has 0 N–H and O–H groups in total. The second kappa shape index (κ2) is 11.0. The molecular weight excluding hydrogens is 465 g/mol. The van der Waals surface area contributed by atoms with Gasteiger partial charge in [0.2, 0.25) is 5.78 Å². The van der Waals surface area contributed by atoms with Crippen LogP contribution in [0.1, 0.15) is 49.8 Å². The summed E-state index contributed by atoms with van der Waals surface area (Å²) < 4.78 is 14.0. The normalized spacial score (nSPS) is 11.1. The number of carbonyl (C=O) groups is 2. The molecule has 0 unspecified atom stereocenters. The van der Waals surface area contributed by atoms with Gasteiger partial charge in [0.1, 0.15) is 10.7 Å². The van der Waals surface area contributed by atoms with Crippen molar-refractivity contribution < 1.29 is 19.1 Å². The van der Waals surface area contributed by atoms with Crippen LogP contribution in [0.3, 0.4) is 0 Å². The second-order valence-electron chi connectivity index (χ2n) is 7.78. The molecule has 7 nitrogen and oxygen atoms in total. The largest absolute Gasteiger partial charge is 0.454 e. The molecule has 33 heavy (non-hydrogen) atoms. The smallest absolute Gasteiger partial charge is 0.343 e. The lowest BCUT2D eigenvalue weighted by atomic mass is 10.1. The van der Waals surface area contributed by atoms with E-state index >= 15 is 0 Å². The number of Topliss-reactive ketones (excluding diaryl/α,β-unsaturated/α-hetero) is 1. The van der Waals surface area contributed by atoms with Crippen molar-refractivity contribution in [3.63, 3.8) is 0 Å². The van der Waals surface area contributed by atoms with Crippen molar-refractivity contribution in [1.29, 1.82) is 0 Å². The van der Waals surface area contributed by atoms with Gasteiger partial charge in [-0.1, -0.05) is 41.4 Å². The molecule has 0 saturated heterocycles. The molecule has 1 aromatic carbocycles. The van der Waals surface area contributed by atoms with Crippen molar-refractivity contribution in [2.75, 3.05) is 20.3 Å². The zero-order valence-electron chi connectivity index (χ0n) is 19.2. The van der Waals surface area contributed by atoms with Crippen LogP contribution in [0.25, 0.3) is 0 Å². The minimum atomic E-state index is -0.690. The first-order valence-electron chi connectivity index (χ1n) is 10.6. The number of ether oxygens (including phenoxy) is 2. The van der Waals surface area contributed by atoms with Gasteiger partial charge in [0.25, 0.3) is 0 Å². The minimum Gasteiger partial charge on any atom is -0.454 e. The molecule has 0 radical (unpaired) electrons. The van der Waals surface area contributed by atoms with Gasteiger partial charge in [-0.05, 0) is 44.9 Å². The molecular formula is C24H27Cl2N3O4. The molecule has 176 valence electrons. The average Bonchev–Trinajstić information content (AvgIpc) is 3.22. The van der Waals surface area contributed by atoms with Crippen LogP contribution in [0.4, 0.5) is 0 Å². The van der Waals surface area contributed by atoms with Crippen LogP contribution in [0.15, 0.2) is 30.3 Å². The fraction of sp³-hybridized carbons (Fsp3) is 0.375. The lowest BCUT2D eigenvalue weighted by molar-refractivity contribution is 0.0474. The SMILES string of the molecule is COCCCn1c(C)cc(C(=O)COC(=O)c2c(C)nn(Cc3ccccc3Cl)c2Cl)c1C. The van der Waals surface area contributed by atoms with E-state index in [4.69, 9.17) is 32.7 Å². The summed E-state index contributed by atoms with van der Waals surface area (Å²) >= 11 is 12.6. The van der Waals surface area contributed by atoms with E-state index < -0.39 is 5.97 Å². The molecule has 3 rings (SSSR count). The number of carbonyl (C=O) groups excluding carboxylic acids is 2. The fourth-order valence-corrected chi connectivity index (χ4v) is 4.26. The first-order valence-corrected chi connectivity index (χ1v) is 11.3. The molecule has 0 aliphatic carbocycles. The number of rotatable bonds is 10. The predicted molar refractivity (Wildman–Crippen MR) is 128 cm³/mol. The average molecular weight is 492 g/mol. The molecule has 3 aromatic rings. The molecule has 0 saturated carbocycles. The lowest BCUT2D eigenvalue weighted by Gasteiger charge is -2.09. The number of nitrogens with zero attached hydrogens (tertiary/aromatic N) is 3. The number of hydrogen-bond acceptors (Lipinski definition) is 5. The molecule has 0 aliphatic rings. The van der Waals surface area contributed by atoms with Crippen LogP contribution >= 0.6 is 23.2 Å². The predicted octanol–water partition coefficient (Wildman–Crippen LogP) is 5.04. The van der Waals surface area contributed by atoms with E-state index in [1.165, 1.54) is 4.68 Å². The Hall–Kier alpha value is -2.61. The number of hydrogen-bond donors (Lipinski definition) is 0. The number of aryl methyl sites for hydroxylation is 2. The zero-order chi connectivity index (χ0) is 24.1. The van der Waals surface area contributed by atoms with Crippen LogP contribution in [-0.2, 0) is 22.6 Å². The molecule has 0 aliphatic heterocycles. The maximum absolute atomic E-state index is 12.8. The van der Waals surface area contributed by atoms with Gasteiger partial charge >= 0.3 is 5.97 Å². The monoisotopic (exact) mass is 491 g/mol. The highest BCUT2D eigenvalue weighted by molar-refractivity contribution is 6.33. The van der Waals surface area contributed by atoms with Gasteiger partial charge < -0.3 is 14.0 Å². The van der Waals surface area contributed by atoms with E-state index in [1.54, 1.807) is 20.1 Å². The third-order valence-corrected chi connectivity index (χ3v) is 6.24.